The molecule has 2 fully saturated rings. The lowest BCUT2D eigenvalue weighted by Crippen LogP contribution is -2.47. The molecule has 22 heavy (non-hydrogen) atoms. The van der Waals surface area contributed by atoms with Crippen molar-refractivity contribution in [2.24, 2.45) is 5.92 Å². The fourth-order valence-electron chi connectivity index (χ4n) is 3.62. The number of rotatable bonds is 2. The molecule has 0 saturated carbocycles. The highest BCUT2D eigenvalue weighted by Gasteiger charge is 2.33. The van der Waals surface area contributed by atoms with Crippen molar-refractivity contribution >= 4 is 11.4 Å². The largest absolute Gasteiger partial charge is 0.347 e. The van der Waals surface area contributed by atoms with E-state index in [9.17, 15) is 4.79 Å². The molecule has 0 aromatic carbocycles. The predicted octanol–water partition coefficient (Wildman–Crippen LogP) is 1.03. The SMILES string of the molecule is N#Cc1cc2cc(C(=O)N[C@@H]3CC4CCN(C4)C3)ncn2c1. The van der Waals surface area contributed by atoms with E-state index < -0.39 is 0 Å². The second-order valence-corrected chi connectivity index (χ2v) is 6.27. The van der Waals surface area contributed by atoms with E-state index in [1.165, 1.54) is 13.0 Å². The van der Waals surface area contributed by atoms with Gasteiger partial charge in [0.1, 0.15) is 18.1 Å². The molecule has 112 valence electrons. The van der Waals surface area contributed by atoms with Crippen molar-refractivity contribution in [3.8, 4) is 6.07 Å². The number of nitrogens with one attached hydrogen (secondary N) is 1. The smallest absolute Gasteiger partial charge is 0.270 e. The van der Waals surface area contributed by atoms with Crippen molar-refractivity contribution in [3.63, 3.8) is 0 Å². The Morgan fingerprint density at radius 3 is 3.14 bits per heavy atom. The van der Waals surface area contributed by atoms with Gasteiger partial charge in [0.25, 0.3) is 5.91 Å². The molecule has 6 nitrogen and oxygen atoms in total. The number of amides is 1. The number of hydrogen-bond donors (Lipinski definition) is 1. The van der Waals surface area contributed by atoms with Crippen LogP contribution in [0.15, 0.2) is 24.7 Å². The van der Waals surface area contributed by atoms with Gasteiger partial charge < -0.3 is 14.6 Å². The Labute approximate surface area is 128 Å². The summed E-state index contributed by atoms with van der Waals surface area (Å²) in [7, 11) is 0. The number of fused-ring (bicyclic) bond motifs is 3. The molecule has 2 unspecified atom stereocenters. The molecule has 1 N–H and O–H groups in total. The van der Waals surface area contributed by atoms with Gasteiger partial charge in [0, 0.05) is 25.3 Å². The molecule has 2 aliphatic rings. The van der Waals surface area contributed by atoms with Crippen molar-refractivity contribution in [3.05, 3.63) is 35.9 Å². The fourth-order valence-corrected chi connectivity index (χ4v) is 3.62. The van der Waals surface area contributed by atoms with Crippen molar-refractivity contribution in [2.75, 3.05) is 19.6 Å². The maximum atomic E-state index is 12.4. The Morgan fingerprint density at radius 1 is 1.41 bits per heavy atom. The fraction of sp³-hybridized carbons (Fsp3) is 0.438. The van der Waals surface area contributed by atoms with Crippen molar-refractivity contribution in [1.29, 1.82) is 5.26 Å². The van der Waals surface area contributed by atoms with Crippen LogP contribution in [0, 0.1) is 17.2 Å². The molecular formula is C16H17N5O. The first-order chi connectivity index (χ1) is 10.7. The van der Waals surface area contributed by atoms with E-state index in [0.29, 0.717) is 11.3 Å². The first kappa shape index (κ1) is 13.3. The predicted molar refractivity (Wildman–Crippen MR) is 80.3 cm³/mol. The summed E-state index contributed by atoms with van der Waals surface area (Å²) < 4.78 is 1.75. The Morgan fingerprint density at radius 2 is 2.32 bits per heavy atom. The van der Waals surface area contributed by atoms with Crippen LogP contribution in [0.2, 0.25) is 0 Å². The van der Waals surface area contributed by atoms with Gasteiger partial charge in [-0.2, -0.15) is 5.26 Å². The standard InChI is InChI=1S/C16H17N5O/c17-6-12-4-14-5-15(18-10-21(14)8-12)16(22)19-13-3-11-1-2-20(7-11)9-13/h4-5,8,10-11,13H,1-3,7,9H2,(H,19,22)/t11?,13-/m1/s1. The van der Waals surface area contributed by atoms with E-state index in [2.05, 4.69) is 21.3 Å². The maximum Gasteiger partial charge on any atom is 0.270 e. The molecule has 0 aliphatic carbocycles. The summed E-state index contributed by atoms with van der Waals surface area (Å²) in [4.78, 5) is 19.0. The number of carbonyl (C=O) groups excluding carboxylic acids is 1. The highest BCUT2D eigenvalue weighted by molar-refractivity contribution is 5.93. The molecule has 2 bridgehead atoms. The zero-order valence-corrected chi connectivity index (χ0v) is 12.2. The van der Waals surface area contributed by atoms with Crippen LogP contribution >= 0.6 is 0 Å². The summed E-state index contributed by atoms with van der Waals surface area (Å²) in [6.45, 7) is 3.27. The molecule has 0 spiro atoms. The first-order valence-corrected chi connectivity index (χ1v) is 7.62. The van der Waals surface area contributed by atoms with Gasteiger partial charge in [0.05, 0.1) is 11.1 Å². The Balaban J connectivity index is 1.51. The summed E-state index contributed by atoms with van der Waals surface area (Å²) in [5.41, 5.74) is 1.78. The zero-order valence-electron chi connectivity index (χ0n) is 12.2. The minimum Gasteiger partial charge on any atom is -0.347 e. The minimum absolute atomic E-state index is 0.130. The number of nitrogens with zero attached hydrogens (tertiary/aromatic N) is 4. The molecule has 0 radical (unpaired) electrons. The summed E-state index contributed by atoms with van der Waals surface area (Å²) in [6.07, 6.45) is 5.60. The van der Waals surface area contributed by atoms with Crippen molar-refractivity contribution in [1.82, 2.24) is 19.6 Å². The second-order valence-electron chi connectivity index (χ2n) is 6.27. The van der Waals surface area contributed by atoms with Gasteiger partial charge in [-0.15, -0.1) is 0 Å². The van der Waals surface area contributed by atoms with Crippen molar-refractivity contribution < 1.29 is 4.79 Å². The van der Waals surface area contributed by atoms with Gasteiger partial charge in [-0.3, -0.25) is 4.79 Å². The maximum absolute atomic E-state index is 12.4. The summed E-state index contributed by atoms with van der Waals surface area (Å²) in [5, 5.41) is 12.0. The molecule has 2 aromatic heterocycles. The van der Waals surface area contributed by atoms with E-state index in [-0.39, 0.29) is 11.9 Å². The topological polar surface area (TPSA) is 73.4 Å². The van der Waals surface area contributed by atoms with E-state index in [4.69, 9.17) is 5.26 Å². The third-order valence-corrected chi connectivity index (χ3v) is 4.65. The van der Waals surface area contributed by atoms with Crippen LogP contribution < -0.4 is 5.32 Å². The number of hydrogen-bond acceptors (Lipinski definition) is 4. The van der Waals surface area contributed by atoms with Crippen LogP contribution in [0.25, 0.3) is 5.52 Å². The lowest BCUT2D eigenvalue weighted by Gasteiger charge is -2.30. The Bertz CT molecular complexity index is 762. The van der Waals surface area contributed by atoms with Gasteiger partial charge in [-0.05, 0) is 37.4 Å². The van der Waals surface area contributed by atoms with Crippen LogP contribution in [0.4, 0.5) is 0 Å². The van der Waals surface area contributed by atoms with Crippen LogP contribution in [0.1, 0.15) is 28.9 Å². The van der Waals surface area contributed by atoms with Crippen LogP contribution in [-0.2, 0) is 0 Å². The third kappa shape index (κ3) is 2.34. The van der Waals surface area contributed by atoms with Gasteiger partial charge >= 0.3 is 0 Å². The summed E-state index contributed by atoms with van der Waals surface area (Å²) in [6, 6.07) is 5.79. The molecule has 3 atom stereocenters. The average Bonchev–Trinajstić information content (AvgIpc) is 3.09. The monoisotopic (exact) mass is 295 g/mol. The van der Waals surface area contributed by atoms with E-state index in [0.717, 1.165) is 30.9 Å². The molecule has 4 heterocycles. The van der Waals surface area contributed by atoms with Crippen LogP contribution in [0.5, 0.6) is 0 Å². The number of piperidine rings is 1. The minimum atomic E-state index is -0.130. The van der Waals surface area contributed by atoms with Gasteiger partial charge in [-0.1, -0.05) is 0 Å². The highest BCUT2D eigenvalue weighted by atomic mass is 16.1. The third-order valence-electron chi connectivity index (χ3n) is 4.65. The molecule has 4 rings (SSSR count). The van der Waals surface area contributed by atoms with Gasteiger partial charge in [0.15, 0.2) is 0 Å². The van der Waals surface area contributed by atoms with Gasteiger partial charge in [0.2, 0.25) is 0 Å². The summed E-state index contributed by atoms with van der Waals surface area (Å²) >= 11 is 0. The number of carbonyl (C=O) groups is 1. The molecular weight excluding hydrogens is 278 g/mol. The van der Waals surface area contributed by atoms with Crippen LogP contribution in [0.3, 0.4) is 0 Å². The Hall–Kier alpha value is -2.39. The lowest BCUT2D eigenvalue weighted by molar-refractivity contribution is 0.0904. The summed E-state index contributed by atoms with van der Waals surface area (Å²) in [5.74, 6) is 0.591. The van der Waals surface area contributed by atoms with Crippen LogP contribution in [-0.4, -0.2) is 45.9 Å². The molecule has 2 aromatic rings. The highest BCUT2D eigenvalue weighted by Crippen LogP contribution is 2.26. The first-order valence-electron chi connectivity index (χ1n) is 7.62. The molecule has 6 heteroatoms. The second kappa shape index (κ2) is 5.11. The average molecular weight is 295 g/mol. The Kier molecular flexibility index (Phi) is 3.09. The van der Waals surface area contributed by atoms with E-state index in [1.807, 2.05) is 0 Å². The van der Waals surface area contributed by atoms with E-state index in [1.54, 1.807) is 29.1 Å². The van der Waals surface area contributed by atoms with Crippen molar-refractivity contribution in [2.45, 2.75) is 18.9 Å². The number of aromatic nitrogens is 2. The zero-order chi connectivity index (χ0) is 15.1. The molecule has 2 aliphatic heterocycles. The number of nitriles is 1. The lowest BCUT2D eigenvalue weighted by atomic mass is 9.97. The normalized spacial score (nSPS) is 26.8. The quantitative estimate of drug-likeness (QED) is 0.898. The molecule has 2 saturated heterocycles. The van der Waals surface area contributed by atoms with E-state index >= 15 is 0 Å². The van der Waals surface area contributed by atoms with Gasteiger partial charge in [-0.25, -0.2) is 4.98 Å². The molecule has 1 amide bonds.